The molecule has 0 radical (unpaired) electrons. The van der Waals surface area contributed by atoms with Crippen LogP contribution in [0, 0.1) is 18.3 Å². The number of nitrogens with one attached hydrogen (secondary N) is 1. The third kappa shape index (κ3) is 13.4. The summed E-state index contributed by atoms with van der Waals surface area (Å²) in [5.74, 6) is 0.600. The summed E-state index contributed by atoms with van der Waals surface area (Å²) in [7, 11) is -3.95. The summed E-state index contributed by atoms with van der Waals surface area (Å²) in [6, 6.07) is 20.6. The minimum Gasteiger partial charge on any atom is -0.444 e. The van der Waals surface area contributed by atoms with Crippen LogP contribution < -0.4 is 14.4 Å². The van der Waals surface area contributed by atoms with Gasteiger partial charge in [0.25, 0.3) is 0 Å². The number of amides is 1. The van der Waals surface area contributed by atoms with Crippen LogP contribution in [0.4, 0.5) is 4.79 Å². The molecule has 0 aliphatic heterocycles. The van der Waals surface area contributed by atoms with Crippen molar-refractivity contribution in [3.63, 3.8) is 0 Å². The molecule has 15 heteroatoms. The zero-order valence-electron chi connectivity index (χ0n) is 26.2. The molecule has 0 spiro atoms. The van der Waals surface area contributed by atoms with Gasteiger partial charge in [-0.15, -0.1) is 0 Å². The van der Waals surface area contributed by atoms with E-state index < -0.39 is 25.0 Å². The standard InChI is InChI=1S/C14H17N5O2.C12H10N3O3P.C4H10O/c1-9-5-10(6-15)12-11(17-8-18-19(9)12)7-16-13(20)21-14(2,3)4;13-14-15-19(16,17-11-7-3-1-4-8-11)18-12-9-5-2-6-10-12;1-4(2,3)5/h5,8H,7H2,1-4H3,(H,16,20);1-10H;5H,1-3H3. The van der Waals surface area contributed by atoms with Crippen LogP contribution in [0.3, 0.4) is 0 Å². The first-order chi connectivity index (χ1) is 21.0. The minimum atomic E-state index is -3.95. The van der Waals surface area contributed by atoms with Gasteiger partial charge in [0.2, 0.25) is 0 Å². The summed E-state index contributed by atoms with van der Waals surface area (Å²) in [6.45, 7) is 12.6. The molecule has 0 fully saturated rings. The molecule has 4 aromatic rings. The first kappa shape index (κ1) is 36.1. The Hall–Kier alpha value is -5.08. The van der Waals surface area contributed by atoms with Gasteiger partial charge in [-0.2, -0.15) is 10.4 Å². The van der Waals surface area contributed by atoms with Gasteiger partial charge < -0.3 is 24.2 Å². The average Bonchev–Trinajstić information content (AvgIpc) is 3.27. The molecule has 0 atom stereocenters. The largest absolute Gasteiger partial charge is 0.525 e. The SMILES string of the molecule is CC(C)(C)O.Cc1cc(C#N)c2c(CNC(=O)OC(C)(C)C)ncnn12.[N-]=[N+]=NP(=O)(Oc1ccccc1)Oc1ccccc1. The number of carbonyl (C=O) groups is 1. The van der Waals surface area contributed by atoms with Crippen LogP contribution in [0.25, 0.3) is 16.0 Å². The molecule has 14 nitrogen and oxygen atoms in total. The van der Waals surface area contributed by atoms with Gasteiger partial charge in [0.05, 0.1) is 23.4 Å². The number of azide groups is 1. The lowest BCUT2D eigenvalue weighted by molar-refractivity contribution is 0.0523. The number of aliphatic hydroxyl groups is 1. The Morgan fingerprint density at radius 2 is 1.58 bits per heavy atom. The number of fused-ring (bicyclic) bond motifs is 1. The highest BCUT2D eigenvalue weighted by atomic mass is 31.2. The van der Waals surface area contributed by atoms with Gasteiger partial charge in [-0.05, 0) is 84.3 Å². The van der Waals surface area contributed by atoms with Gasteiger partial charge in [-0.25, -0.2) is 18.9 Å². The molecule has 238 valence electrons. The van der Waals surface area contributed by atoms with Crippen molar-refractivity contribution in [1.29, 1.82) is 5.26 Å². The molecule has 2 N–H and O–H groups in total. The zero-order valence-corrected chi connectivity index (χ0v) is 27.1. The number of carbonyl (C=O) groups excluding carboxylic acids is 1. The quantitative estimate of drug-likeness (QED) is 0.0906. The molecule has 0 aliphatic carbocycles. The number of hydrogen-bond acceptors (Lipinski definition) is 9. The lowest BCUT2D eigenvalue weighted by atomic mass is 10.2. The van der Waals surface area contributed by atoms with Crippen LogP contribution in [-0.4, -0.2) is 37.0 Å². The molecule has 0 bridgehead atoms. The molecule has 2 aromatic heterocycles. The number of alkyl carbamates (subject to hydrolysis) is 1. The molecule has 2 heterocycles. The topological polar surface area (TPSA) is 197 Å². The number of aromatic nitrogens is 3. The van der Waals surface area contributed by atoms with E-state index in [2.05, 4.69) is 31.3 Å². The number of rotatable bonds is 7. The number of nitriles is 1. The van der Waals surface area contributed by atoms with E-state index in [-0.39, 0.29) is 6.54 Å². The molecule has 1 amide bonds. The Morgan fingerprint density at radius 1 is 1.07 bits per heavy atom. The fourth-order valence-corrected chi connectivity index (χ4v) is 4.27. The Kier molecular flexibility index (Phi) is 12.9. The van der Waals surface area contributed by atoms with Crippen LogP contribution >= 0.6 is 7.75 Å². The normalized spacial score (nSPS) is 10.9. The second-order valence-corrected chi connectivity index (χ2v) is 12.7. The maximum Gasteiger partial charge on any atom is 0.525 e. The molecular formula is C30H37N8O6P. The van der Waals surface area contributed by atoms with Crippen LogP contribution in [-0.2, 0) is 15.8 Å². The third-order valence-corrected chi connectivity index (χ3v) is 5.99. The first-order valence-electron chi connectivity index (χ1n) is 13.6. The van der Waals surface area contributed by atoms with Crippen molar-refractivity contribution in [3.8, 4) is 17.6 Å². The second kappa shape index (κ2) is 16.1. The van der Waals surface area contributed by atoms with Gasteiger partial charge in [0, 0.05) is 15.5 Å². The minimum absolute atomic E-state index is 0.166. The average molecular weight is 637 g/mol. The van der Waals surface area contributed by atoms with Crippen molar-refractivity contribution in [3.05, 3.63) is 100 Å². The van der Waals surface area contributed by atoms with Crippen molar-refractivity contribution in [1.82, 2.24) is 19.9 Å². The number of hydrogen-bond donors (Lipinski definition) is 2. The molecule has 4 rings (SSSR count). The number of benzene rings is 2. The summed E-state index contributed by atoms with van der Waals surface area (Å²) >= 11 is 0. The molecule has 0 saturated heterocycles. The number of ether oxygens (including phenoxy) is 1. The van der Waals surface area contributed by atoms with Crippen molar-refractivity contribution in [2.45, 2.75) is 66.2 Å². The summed E-state index contributed by atoms with van der Waals surface area (Å²) in [6.07, 6.45) is 0.869. The molecular weight excluding hydrogens is 599 g/mol. The van der Waals surface area contributed by atoms with Gasteiger partial charge in [0.15, 0.2) is 0 Å². The second-order valence-electron chi connectivity index (χ2n) is 11.3. The van der Waals surface area contributed by atoms with E-state index in [1.54, 1.807) is 113 Å². The van der Waals surface area contributed by atoms with E-state index in [4.69, 9.17) is 24.4 Å². The Morgan fingerprint density at radius 3 is 2.02 bits per heavy atom. The van der Waals surface area contributed by atoms with Crippen molar-refractivity contribution in [2.24, 2.45) is 4.88 Å². The maximum absolute atomic E-state index is 12.3. The van der Waals surface area contributed by atoms with Gasteiger partial charge in [0.1, 0.15) is 35.0 Å². The van der Waals surface area contributed by atoms with E-state index in [1.165, 1.54) is 6.33 Å². The zero-order chi connectivity index (χ0) is 33.7. The maximum atomic E-state index is 12.3. The highest BCUT2D eigenvalue weighted by Gasteiger charge is 2.26. The summed E-state index contributed by atoms with van der Waals surface area (Å²) in [4.78, 5) is 21.5. The predicted molar refractivity (Wildman–Crippen MR) is 168 cm³/mol. The summed E-state index contributed by atoms with van der Waals surface area (Å²) < 4.78 is 29.4. The highest BCUT2D eigenvalue weighted by Crippen LogP contribution is 2.49. The molecule has 0 aliphatic rings. The van der Waals surface area contributed by atoms with Gasteiger partial charge >= 0.3 is 13.8 Å². The van der Waals surface area contributed by atoms with Gasteiger partial charge in [-0.1, -0.05) is 36.4 Å². The molecule has 0 unspecified atom stereocenters. The van der Waals surface area contributed by atoms with Crippen LogP contribution in [0.5, 0.6) is 11.5 Å². The van der Waals surface area contributed by atoms with E-state index in [9.17, 15) is 14.6 Å². The Bertz CT molecular complexity index is 1640. The van der Waals surface area contributed by atoms with Crippen LogP contribution in [0.15, 0.2) is 77.9 Å². The highest BCUT2D eigenvalue weighted by molar-refractivity contribution is 7.53. The Labute approximate surface area is 261 Å². The van der Waals surface area contributed by atoms with Gasteiger partial charge in [-0.3, -0.25) is 0 Å². The van der Waals surface area contributed by atoms with Crippen molar-refractivity contribution in [2.75, 3.05) is 0 Å². The summed E-state index contributed by atoms with van der Waals surface area (Å²) in [5, 5.41) is 24.4. The fourth-order valence-electron chi connectivity index (χ4n) is 3.28. The number of aryl methyl sites for hydroxylation is 1. The lowest BCUT2D eigenvalue weighted by Crippen LogP contribution is -2.32. The summed E-state index contributed by atoms with van der Waals surface area (Å²) in [5.41, 5.74) is 9.91. The number of nitrogens with zero attached hydrogens (tertiary/aromatic N) is 7. The van der Waals surface area contributed by atoms with Crippen molar-refractivity contribution < 1.29 is 28.3 Å². The van der Waals surface area contributed by atoms with Crippen molar-refractivity contribution >= 4 is 19.4 Å². The molecule has 2 aromatic carbocycles. The van der Waals surface area contributed by atoms with E-state index in [0.717, 1.165) is 5.69 Å². The lowest BCUT2D eigenvalue weighted by Gasteiger charge is -2.19. The third-order valence-electron chi connectivity index (χ3n) is 4.81. The fraction of sp³-hybridized carbons (Fsp3) is 0.333. The van der Waals surface area contributed by atoms with E-state index in [1.807, 2.05) is 6.92 Å². The van der Waals surface area contributed by atoms with E-state index >= 15 is 0 Å². The number of para-hydroxylation sites is 2. The van der Waals surface area contributed by atoms with Crippen LogP contribution in [0.2, 0.25) is 0 Å². The molecule has 45 heavy (non-hydrogen) atoms. The Balaban J connectivity index is 0.000000274. The first-order valence-corrected chi connectivity index (χ1v) is 15.1. The predicted octanol–water partition coefficient (Wildman–Crippen LogP) is 7.27. The monoisotopic (exact) mass is 636 g/mol. The van der Waals surface area contributed by atoms with Crippen LogP contribution in [0.1, 0.15) is 58.5 Å². The smallest absolute Gasteiger partial charge is 0.444 e. The molecule has 0 saturated carbocycles. The van der Waals surface area contributed by atoms with E-state index in [0.29, 0.717) is 28.3 Å².